The van der Waals surface area contributed by atoms with Crippen LogP contribution in [0.3, 0.4) is 0 Å². The van der Waals surface area contributed by atoms with E-state index in [-0.39, 0.29) is 47.2 Å². The van der Waals surface area contributed by atoms with Crippen molar-refractivity contribution in [2.45, 2.75) is 120 Å². The molecule has 1 saturated carbocycles. The van der Waals surface area contributed by atoms with Crippen molar-refractivity contribution in [3.63, 3.8) is 0 Å². The number of epoxide rings is 2. The molecule has 0 aromatic heterocycles. The monoisotopic (exact) mass is 545 g/mol. The third-order valence-electron chi connectivity index (χ3n) is 10.7. The first kappa shape index (κ1) is 27.5. The molecule has 6 rings (SSSR count). The molecule has 1 spiro atoms. The highest BCUT2D eigenvalue weighted by Gasteiger charge is 2.72. The van der Waals surface area contributed by atoms with Crippen molar-refractivity contribution < 1.29 is 28.5 Å². The molecule has 1 aliphatic carbocycles. The summed E-state index contributed by atoms with van der Waals surface area (Å²) in [6.07, 6.45) is 7.90. The Morgan fingerprint density at radius 3 is 2.62 bits per heavy atom. The van der Waals surface area contributed by atoms with Crippen molar-refractivity contribution in [1.29, 1.82) is 0 Å². The van der Waals surface area contributed by atoms with E-state index in [0.29, 0.717) is 19.1 Å². The predicted octanol–water partition coefficient (Wildman–Crippen LogP) is 3.26. The lowest BCUT2D eigenvalue weighted by Gasteiger charge is -2.42. The summed E-state index contributed by atoms with van der Waals surface area (Å²) < 4.78 is 24.4. The molecule has 39 heavy (non-hydrogen) atoms. The molecule has 9 nitrogen and oxygen atoms in total. The summed E-state index contributed by atoms with van der Waals surface area (Å²) in [5.74, 6) is 0.0478. The van der Waals surface area contributed by atoms with E-state index in [1.165, 1.54) is 31.5 Å². The summed E-state index contributed by atoms with van der Waals surface area (Å²) in [5, 5.41) is 2.97. The zero-order valence-corrected chi connectivity index (χ0v) is 24.3. The molecule has 218 valence electrons. The lowest BCUT2D eigenvalue weighted by molar-refractivity contribution is -0.132. The third kappa shape index (κ3) is 4.91. The van der Waals surface area contributed by atoms with Gasteiger partial charge in [0.1, 0.15) is 29.5 Å². The Kier molecular flexibility index (Phi) is 7.26. The largest absolute Gasteiger partial charge is 0.443 e. The number of amides is 2. The van der Waals surface area contributed by atoms with Crippen molar-refractivity contribution in [3.05, 3.63) is 11.6 Å². The maximum atomic E-state index is 13.3. The van der Waals surface area contributed by atoms with Gasteiger partial charge in [-0.05, 0) is 78.8 Å². The van der Waals surface area contributed by atoms with Gasteiger partial charge in [-0.15, -0.1) is 0 Å². The van der Waals surface area contributed by atoms with Gasteiger partial charge < -0.3 is 34.1 Å². The molecule has 6 aliphatic rings. The van der Waals surface area contributed by atoms with Crippen LogP contribution in [0.4, 0.5) is 4.79 Å². The Bertz CT molecular complexity index is 989. The van der Waals surface area contributed by atoms with E-state index >= 15 is 0 Å². The van der Waals surface area contributed by atoms with Crippen LogP contribution in [0.1, 0.15) is 72.6 Å². The molecule has 0 aromatic rings. The van der Waals surface area contributed by atoms with Gasteiger partial charge in [-0.3, -0.25) is 4.79 Å². The van der Waals surface area contributed by atoms with Gasteiger partial charge in [0.15, 0.2) is 0 Å². The number of allylic oxidation sites excluding steroid dienone is 1. The Labute approximate surface area is 232 Å². The van der Waals surface area contributed by atoms with Crippen LogP contribution in [0.15, 0.2) is 11.6 Å². The van der Waals surface area contributed by atoms with Crippen molar-refractivity contribution in [3.8, 4) is 0 Å². The van der Waals surface area contributed by atoms with Crippen LogP contribution in [-0.2, 0) is 23.7 Å². The number of carbonyl (C=O) groups excluding carboxylic acids is 2. The number of nitrogens with one attached hydrogen (secondary N) is 1. The summed E-state index contributed by atoms with van der Waals surface area (Å²) in [5.41, 5.74) is 0.622. The number of hydrogen-bond donors (Lipinski definition) is 1. The molecule has 5 aliphatic heterocycles. The van der Waals surface area contributed by atoms with Crippen LogP contribution in [0.5, 0.6) is 0 Å². The van der Waals surface area contributed by atoms with Gasteiger partial charge in [-0.1, -0.05) is 18.6 Å². The minimum atomic E-state index is -0.545. The second-order valence-corrected chi connectivity index (χ2v) is 13.3. The quantitative estimate of drug-likeness (QED) is 0.388. The van der Waals surface area contributed by atoms with E-state index in [1.807, 2.05) is 4.90 Å². The van der Waals surface area contributed by atoms with Gasteiger partial charge in [0.2, 0.25) is 5.91 Å². The number of carbonyl (C=O) groups is 2. The molecule has 9 heteroatoms. The normalized spacial score (nSPS) is 45.3. The molecule has 2 amide bonds. The molecular weight excluding hydrogens is 498 g/mol. The number of fused-ring (bicyclic) bond motifs is 1. The number of nitrogens with zero attached hydrogens (tertiary/aromatic N) is 2. The van der Waals surface area contributed by atoms with E-state index < -0.39 is 18.2 Å². The number of rotatable bonds is 7. The smallest absolute Gasteiger partial charge is 0.408 e. The Hall–Kier alpha value is -1.68. The standard InChI is InChI=1S/C30H47N3O6/c1-18(2)8-9-23-29(4,39-23)26-25(36-5)22(10-12-30(26)17-37-30)38-28(35)31-24-19(3)21-16-20(32-13-6-7-14-32)11-15-33(21)27(24)34/h8,19-26H,6-7,9-17H2,1-5H3,(H,31,35)/t19?,20?,21?,22-,23?,24-,25-,26-,29+,30+/m1/s1. The minimum absolute atomic E-state index is 0.0272. The highest BCUT2D eigenvalue weighted by molar-refractivity contribution is 5.88. The summed E-state index contributed by atoms with van der Waals surface area (Å²) in [4.78, 5) is 31.2. The van der Waals surface area contributed by atoms with Gasteiger partial charge in [0, 0.05) is 31.7 Å². The Morgan fingerprint density at radius 1 is 1.21 bits per heavy atom. The highest BCUT2D eigenvalue weighted by Crippen LogP contribution is 2.59. The number of piperidine rings is 1. The van der Waals surface area contributed by atoms with Crippen LogP contribution in [0, 0.1) is 11.8 Å². The van der Waals surface area contributed by atoms with Gasteiger partial charge >= 0.3 is 6.09 Å². The molecule has 10 atom stereocenters. The van der Waals surface area contributed by atoms with Gasteiger partial charge in [-0.2, -0.15) is 0 Å². The molecule has 5 heterocycles. The highest BCUT2D eigenvalue weighted by atomic mass is 16.6. The molecule has 0 bridgehead atoms. The number of alkyl carbamates (subject to hydrolysis) is 1. The number of methoxy groups -OCH3 is 1. The maximum Gasteiger partial charge on any atom is 0.408 e. The fourth-order valence-corrected chi connectivity index (χ4v) is 8.38. The summed E-state index contributed by atoms with van der Waals surface area (Å²) >= 11 is 0. The molecule has 5 saturated heterocycles. The zero-order valence-electron chi connectivity index (χ0n) is 24.3. The van der Waals surface area contributed by atoms with Gasteiger partial charge in [0.05, 0.1) is 18.6 Å². The van der Waals surface area contributed by atoms with Crippen molar-refractivity contribution in [1.82, 2.24) is 15.1 Å². The van der Waals surface area contributed by atoms with Crippen LogP contribution in [0.2, 0.25) is 0 Å². The van der Waals surface area contributed by atoms with Gasteiger partial charge in [0.25, 0.3) is 0 Å². The first-order valence-corrected chi connectivity index (χ1v) is 15.2. The molecule has 6 fully saturated rings. The van der Waals surface area contributed by atoms with E-state index in [2.05, 4.69) is 44.0 Å². The Balaban J connectivity index is 1.09. The fourth-order valence-electron chi connectivity index (χ4n) is 8.38. The number of likely N-dealkylation sites (tertiary alicyclic amines) is 1. The number of ether oxygens (including phenoxy) is 4. The average Bonchev–Trinajstić information content (AvgIpc) is 3.71. The van der Waals surface area contributed by atoms with Crippen molar-refractivity contribution >= 4 is 12.0 Å². The SMILES string of the molecule is CO[C@@H]1[C@H](OC(=O)N[C@H]2C(=O)N3CCC(N4CCCC4)CC3C2C)CC[C@]2(CO2)[C@H]1[C@@]1(C)OC1CC=C(C)C. The average molecular weight is 546 g/mol. The van der Waals surface area contributed by atoms with E-state index in [9.17, 15) is 9.59 Å². The minimum Gasteiger partial charge on any atom is -0.443 e. The fraction of sp³-hybridized carbons (Fsp3) is 0.867. The van der Waals surface area contributed by atoms with Crippen molar-refractivity contribution in [2.75, 3.05) is 33.4 Å². The maximum absolute atomic E-state index is 13.3. The lowest BCUT2D eigenvalue weighted by Crippen LogP contribution is -2.56. The second kappa shape index (κ2) is 10.3. The third-order valence-corrected chi connectivity index (χ3v) is 10.7. The van der Waals surface area contributed by atoms with Crippen LogP contribution < -0.4 is 5.32 Å². The van der Waals surface area contributed by atoms with Gasteiger partial charge in [-0.25, -0.2) is 4.79 Å². The topological polar surface area (TPSA) is 96.2 Å². The van der Waals surface area contributed by atoms with E-state index in [1.54, 1.807) is 7.11 Å². The molecule has 0 aromatic carbocycles. The predicted molar refractivity (Wildman–Crippen MR) is 145 cm³/mol. The Morgan fingerprint density at radius 2 is 1.95 bits per heavy atom. The van der Waals surface area contributed by atoms with E-state index in [0.717, 1.165) is 32.2 Å². The van der Waals surface area contributed by atoms with E-state index in [4.69, 9.17) is 18.9 Å². The zero-order chi connectivity index (χ0) is 27.5. The van der Waals surface area contributed by atoms with Crippen LogP contribution >= 0.6 is 0 Å². The van der Waals surface area contributed by atoms with Crippen LogP contribution in [-0.4, -0.2) is 103 Å². The van der Waals surface area contributed by atoms with Crippen LogP contribution in [0.25, 0.3) is 0 Å². The molecule has 0 radical (unpaired) electrons. The summed E-state index contributed by atoms with van der Waals surface area (Å²) in [6.45, 7) is 12.2. The lowest BCUT2D eigenvalue weighted by atomic mass is 9.68. The summed E-state index contributed by atoms with van der Waals surface area (Å²) in [6, 6.07) is 0.167. The molecular formula is C30H47N3O6. The first-order chi connectivity index (χ1) is 18.7. The molecule has 1 N–H and O–H groups in total. The molecule has 4 unspecified atom stereocenters. The number of hydrogen-bond acceptors (Lipinski definition) is 7. The first-order valence-electron chi connectivity index (χ1n) is 15.2. The van der Waals surface area contributed by atoms with Crippen molar-refractivity contribution in [2.24, 2.45) is 11.8 Å². The second-order valence-electron chi connectivity index (χ2n) is 13.3. The summed E-state index contributed by atoms with van der Waals surface area (Å²) in [7, 11) is 1.68.